The molecule has 0 spiro atoms. The van der Waals surface area contributed by atoms with Crippen molar-refractivity contribution in [1.29, 1.82) is 0 Å². The van der Waals surface area contributed by atoms with Crippen LogP contribution in [0, 0.1) is 0 Å². The van der Waals surface area contributed by atoms with Crippen molar-refractivity contribution in [2.24, 2.45) is 0 Å². The Kier molecular flexibility index (Phi) is 3.25. The van der Waals surface area contributed by atoms with Crippen molar-refractivity contribution >= 4 is 11.6 Å². The van der Waals surface area contributed by atoms with Crippen molar-refractivity contribution < 1.29 is 9.90 Å². The topological polar surface area (TPSA) is 40.5 Å². The van der Waals surface area contributed by atoms with E-state index in [4.69, 9.17) is 0 Å². The molecular weight excluding hydrogens is 202 g/mol. The van der Waals surface area contributed by atoms with Crippen molar-refractivity contribution in [1.82, 2.24) is 0 Å². The Morgan fingerprint density at radius 2 is 2.06 bits per heavy atom. The molecule has 86 valence electrons. The van der Waals surface area contributed by atoms with Crippen molar-refractivity contribution in [2.45, 2.75) is 32.3 Å². The number of piperidine rings is 1. The SMILES string of the molecule is CCc1ccc(N2CCC(O)CC2=O)cc1. The Bertz CT molecular complexity index is 372. The van der Waals surface area contributed by atoms with E-state index in [0.29, 0.717) is 13.0 Å². The number of aryl methyl sites for hydroxylation is 1. The third kappa shape index (κ3) is 2.25. The lowest BCUT2D eigenvalue weighted by molar-refractivity contribution is -0.122. The van der Waals surface area contributed by atoms with Crippen molar-refractivity contribution in [3.8, 4) is 0 Å². The molecule has 1 aromatic rings. The predicted molar refractivity (Wildman–Crippen MR) is 63.4 cm³/mol. The second-order valence-corrected chi connectivity index (χ2v) is 4.21. The summed E-state index contributed by atoms with van der Waals surface area (Å²) in [6, 6.07) is 8.06. The van der Waals surface area contributed by atoms with Gasteiger partial charge in [0.15, 0.2) is 0 Å². The summed E-state index contributed by atoms with van der Waals surface area (Å²) in [4.78, 5) is 13.5. The molecule has 0 aromatic heterocycles. The predicted octanol–water partition coefficient (Wildman–Crippen LogP) is 1.74. The van der Waals surface area contributed by atoms with E-state index < -0.39 is 6.10 Å². The van der Waals surface area contributed by atoms with Crippen LogP contribution in [0.2, 0.25) is 0 Å². The molecule has 1 N–H and O–H groups in total. The first-order chi connectivity index (χ1) is 7.70. The van der Waals surface area contributed by atoms with Crippen LogP contribution in [-0.2, 0) is 11.2 Å². The Labute approximate surface area is 95.7 Å². The molecule has 0 saturated carbocycles. The summed E-state index contributed by atoms with van der Waals surface area (Å²) in [5.74, 6) is 0.0167. The molecule has 1 fully saturated rings. The molecule has 1 unspecified atom stereocenters. The van der Waals surface area contributed by atoms with Gasteiger partial charge in [0.2, 0.25) is 5.91 Å². The molecular formula is C13H17NO2. The van der Waals surface area contributed by atoms with Gasteiger partial charge in [0.1, 0.15) is 0 Å². The molecule has 1 atom stereocenters. The summed E-state index contributed by atoms with van der Waals surface area (Å²) in [7, 11) is 0. The Morgan fingerprint density at radius 1 is 1.38 bits per heavy atom. The third-order valence-corrected chi connectivity index (χ3v) is 3.05. The van der Waals surface area contributed by atoms with Crippen LogP contribution in [0.25, 0.3) is 0 Å². The molecule has 1 aliphatic heterocycles. The molecule has 1 aliphatic rings. The Balaban J connectivity index is 2.14. The highest BCUT2D eigenvalue weighted by Crippen LogP contribution is 2.21. The number of carbonyl (C=O) groups is 1. The van der Waals surface area contributed by atoms with Crippen molar-refractivity contribution in [3.63, 3.8) is 0 Å². The van der Waals surface area contributed by atoms with Crippen LogP contribution in [0.4, 0.5) is 5.69 Å². The minimum Gasteiger partial charge on any atom is -0.393 e. The first kappa shape index (κ1) is 11.1. The molecule has 2 rings (SSSR count). The van der Waals surface area contributed by atoms with Gasteiger partial charge in [-0.15, -0.1) is 0 Å². The maximum absolute atomic E-state index is 11.7. The van der Waals surface area contributed by atoms with Crippen molar-refractivity contribution in [3.05, 3.63) is 29.8 Å². The molecule has 16 heavy (non-hydrogen) atoms. The van der Waals surface area contributed by atoms with Gasteiger partial charge in [-0.25, -0.2) is 0 Å². The smallest absolute Gasteiger partial charge is 0.229 e. The zero-order valence-electron chi connectivity index (χ0n) is 9.52. The average Bonchev–Trinajstić information content (AvgIpc) is 2.29. The molecule has 1 aromatic carbocycles. The van der Waals surface area contributed by atoms with Crippen LogP contribution >= 0.6 is 0 Å². The van der Waals surface area contributed by atoms with Crippen LogP contribution in [0.5, 0.6) is 0 Å². The van der Waals surface area contributed by atoms with Gasteiger partial charge in [0.05, 0.1) is 12.5 Å². The molecule has 1 amide bonds. The second-order valence-electron chi connectivity index (χ2n) is 4.21. The zero-order valence-corrected chi connectivity index (χ0v) is 9.52. The summed E-state index contributed by atoms with van der Waals surface area (Å²) >= 11 is 0. The number of aliphatic hydroxyl groups is 1. The van der Waals surface area contributed by atoms with E-state index >= 15 is 0 Å². The summed E-state index contributed by atoms with van der Waals surface area (Å²) in [5.41, 5.74) is 2.21. The monoisotopic (exact) mass is 219 g/mol. The van der Waals surface area contributed by atoms with Crippen molar-refractivity contribution in [2.75, 3.05) is 11.4 Å². The second kappa shape index (κ2) is 4.66. The highest BCUT2D eigenvalue weighted by Gasteiger charge is 2.24. The maximum atomic E-state index is 11.7. The third-order valence-electron chi connectivity index (χ3n) is 3.05. The summed E-state index contributed by atoms with van der Waals surface area (Å²) in [6.07, 6.45) is 1.46. The number of aliphatic hydroxyl groups excluding tert-OH is 1. The highest BCUT2D eigenvalue weighted by molar-refractivity contribution is 5.94. The van der Waals surface area contributed by atoms with Gasteiger partial charge in [0.25, 0.3) is 0 Å². The Hall–Kier alpha value is -1.35. The van der Waals surface area contributed by atoms with Gasteiger partial charge in [-0.1, -0.05) is 19.1 Å². The number of rotatable bonds is 2. The highest BCUT2D eigenvalue weighted by atomic mass is 16.3. The standard InChI is InChI=1S/C13H17NO2/c1-2-10-3-5-11(6-4-10)14-8-7-12(15)9-13(14)16/h3-6,12,15H,2,7-9H2,1H3. The first-order valence-electron chi connectivity index (χ1n) is 5.78. The average molecular weight is 219 g/mol. The number of carbonyl (C=O) groups excluding carboxylic acids is 1. The number of anilines is 1. The van der Waals surface area contributed by atoms with Crippen LogP contribution in [0.3, 0.4) is 0 Å². The Morgan fingerprint density at radius 3 is 2.62 bits per heavy atom. The fraction of sp³-hybridized carbons (Fsp3) is 0.462. The van der Waals surface area contributed by atoms with E-state index in [9.17, 15) is 9.90 Å². The molecule has 1 saturated heterocycles. The van der Waals surface area contributed by atoms with Crippen LogP contribution < -0.4 is 4.90 Å². The lowest BCUT2D eigenvalue weighted by Gasteiger charge is -2.29. The number of hydrogen-bond donors (Lipinski definition) is 1. The molecule has 1 heterocycles. The van der Waals surface area contributed by atoms with E-state index in [2.05, 4.69) is 6.92 Å². The van der Waals surface area contributed by atoms with Crippen LogP contribution in [-0.4, -0.2) is 23.7 Å². The van der Waals surface area contributed by atoms with E-state index in [0.717, 1.165) is 12.1 Å². The molecule has 0 aliphatic carbocycles. The normalized spacial score (nSPS) is 21.2. The van der Waals surface area contributed by atoms with Gasteiger partial charge in [-0.2, -0.15) is 0 Å². The van der Waals surface area contributed by atoms with E-state index in [1.165, 1.54) is 5.56 Å². The largest absolute Gasteiger partial charge is 0.393 e. The van der Waals surface area contributed by atoms with Gasteiger partial charge in [-0.3, -0.25) is 4.79 Å². The van der Waals surface area contributed by atoms with Gasteiger partial charge >= 0.3 is 0 Å². The minimum atomic E-state index is -0.460. The molecule has 3 heteroatoms. The lowest BCUT2D eigenvalue weighted by Crippen LogP contribution is -2.40. The van der Waals surface area contributed by atoms with E-state index in [1.54, 1.807) is 4.90 Å². The van der Waals surface area contributed by atoms with E-state index in [-0.39, 0.29) is 12.3 Å². The van der Waals surface area contributed by atoms with Crippen LogP contribution in [0.15, 0.2) is 24.3 Å². The number of benzene rings is 1. The van der Waals surface area contributed by atoms with Crippen LogP contribution in [0.1, 0.15) is 25.3 Å². The minimum absolute atomic E-state index is 0.0167. The first-order valence-corrected chi connectivity index (χ1v) is 5.78. The number of hydrogen-bond acceptors (Lipinski definition) is 2. The fourth-order valence-electron chi connectivity index (χ4n) is 2.00. The summed E-state index contributed by atoms with van der Waals surface area (Å²) in [6.45, 7) is 2.73. The van der Waals surface area contributed by atoms with Gasteiger partial charge in [-0.05, 0) is 30.5 Å². The zero-order chi connectivity index (χ0) is 11.5. The fourth-order valence-corrected chi connectivity index (χ4v) is 2.00. The maximum Gasteiger partial charge on any atom is 0.229 e. The number of amides is 1. The molecule has 0 bridgehead atoms. The molecule has 3 nitrogen and oxygen atoms in total. The van der Waals surface area contributed by atoms with E-state index in [1.807, 2.05) is 24.3 Å². The molecule has 0 radical (unpaired) electrons. The summed E-state index contributed by atoms with van der Waals surface area (Å²) in [5, 5.41) is 9.38. The number of nitrogens with zero attached hydrogens (tertiary/aromatic N) is 1. The van der Waals surface area contributed by atoms with Gasteiger partial charge < -0.3 is 10.0 Å². The van der Waals surface area contributed by atoms with Gasteiger partial charge in [0, 0.05) is 12.2 Å². The lowest BCUT2D eigenvalue weighted by atomic mass is 10.1. The summed E-state index contributed by atoms with van der Waals surface area (Å²) < 4.78 is 0. The quantitative estimate of drug-likeness (QED) is 0.823.